The maximum atomic E-state index is 13.2. The van der Waals surface area contributed by atoms with Crippen molar-refractivity contribution < 1.29 is 33.8 Å². The van der Waals surface area contributed by atoms with E-state index < -0.39 is 23.8 Å². The van der Waals surface area contributed by atoms with Gasteiger partial charge in [0.05, 0.1) is 17.9 Å². The predicted molar refractivity (Wildman–Crippen MR) is 141 cm³/mol. The van der Waals surface area contributed by atoms with Crippen LogP contribution < -0.4 is 19.7 Å². The van der Waals surface area contributed by atoms with Gasteiger partial charge in [-0.05, 0) is 73.0 Å². The Bertz CT molecular complexity index is 1460. The molecule has 10 heteroatoms. The first kappa shape index (κ1) is 26.4. The van der Waals surface area contributed by atoms with Gasteiger partial charge in [0.2, 0.25) is 0 Å². The first-order chi connectivity index (χ1) is 18.2. The number of aromatic carboxylic acids is 1. The molecule has 4 amide bonds. The molecular formula is C28H23ClN2O7. The molecule has 194 valence electrons. The van der Waals surface area contributed by atoms with E-state index >= 15 is 0 Å². The summed E-state index contributed by atoms with van der Waals surface area (Å²) in [6.07, 6.45) is 1.36. The van der Waals surface area contributed by atoms with Crippen molar-refractivity contribution in [2.24, 2.45) is 0 Å². The lowest BCUT2D eigenvalue weighted by atomic mass is 10.1. The van der Waals surface area contributed by atoms with Gasteiger partial charge in [-0.1, -0.05) is 35.9 Å². The number of amides is 4. The molecule has 3 aromatic rings. The summed E-state index contributed by atoms with van der Waals surface area (Å²) in [6.45, 7) is 4.09. The summed E-state index contributed by atoms with van der Waals surface area (Å²) < 4.78 is 11.6. The van der Waals surface area contributed by atoms with E-state index in [9.17, 15) is 19.2 Å². The fraction of sp³-hybridized carbons (Fsp3) is 0.143. The highest BCUT2D eigenvalue weighted by atomic mass is 35.5. The van der Waals surface area contributed by atoms with E-state index in [-0.39, 0.29) is 23.4 Å². The van der Waals surface area contributed by atoms with E-state index in [0.717, 1.165) is 16.0 Å². The second-order valence-electron chi connectivity index (χ2n) is 8.32. The number of hydrogen-bond donors (Lipinski definition) is 2. The van der Waals surface area contributed by atoms with Crippen LogP contribution in [-0.4, -0.2) is 35.5 Å². The predicted octanol–water partition coefficient (Wildman–Crippen LogP) is 4.99. The lowest BCUT2D eigenvalue weighted by Crippen LogP contribution is -2.54. The van der Waals surface area contributed by atoms with Gasteiger partial charge in [-0.2, -0.15) is 0 Å². The Morgan fingerprint density at radius 1 is 1.00 bits per heavy atom. The second-order valence-corrected chi connectivity index (χ2v) is 8.73. The van der Waals surface area contributed by atoms with Crippen LogP contribution in [0.2, 0.25) is 5.02 Å². The summed E-state index contributed by atoms with van der Waals surface area (Å²) in [5, 5.41) is 11.6. The number of halogens is 1. The number of nitrogens with zero attached hydrogens (tertiary/aromatic N) is 1. The molecule has 0 aromatic heterocycles. The number of carbonyl (C=O) groups is 4. The van der Waals surface area contributed by atoms with Crippen molar-refractivity contribution in [1.82, 2.24) is 5.32 Å². The number of carbonyl (C=O) groups excluding carboxylic acids is 3. The zero-order valence-electron chi connectivity index (χ0n) is 20.5. The number of imide groups is 2. The van der Waals surface area contributed by atoms with Crippen molar-refractivity contribution in [1.29, 1.82) is 0 Å². The van der Waals surface area contributed by atoms with E-state index in [4.69, 9.17) is 26.2 Å². The van der Waals surface area contributed by atoms with Crippen molar-refractivity contribution in [3.8, 4) is 11.5 Å². The van der Waals surface area contributed by atoms with Crippen LogP contribution in [0.1, 0.15) is 34.0 Å². The number of anilines is 1. The molecule has 3 aromatic carbocycles. The highest BCUT2D eigenvalue weighted by Gasteiger charge is 2.37. The summed E-state index contributed by atoms with van der Waals surface area (Å²) in [5.74, 6) is -1.83. The van der Waals surface area contributed by atoms with E-state index in [1.165, 1.54) is 24.3 Å². The largest absolute Gasteiger partial charge is 0.490 e. The number of rotatable bonds is 8. The van der Waals surface area contributed by atoms with Gasteiger partial charge in [0, 0.05) is 5.02 Å². The van der Waals surface area contributed by atoms with E-state index in [0.29, 0.717) is 28.7 Å². The molecule has 0 bridgehead atoms. The zero-order valence-corrected chi connectivity index (χ0v) is 21.2. The normalized spacial score (nSPS) is 14.4. The summed E-state index contributed by atoms with van der Waals surface area (Å²) in [4.78, 5) is 50.1. The Kier molecular flexibility index (Phi) is 7.78. The molecular weight excluding hydrogens is 512 g/mol. The molecule has 0 aliphatic carbocycles. The molecule has 2 N–H and O–H groups in total. The minimum Gasteiger partial charge on any atom is -0.490 e. The first-order valence-corrected chi connectivity index (χ1v) is 11.9. The van der Waals surface area contributed by atoms with Gasteiger partial charge in [0.25, 0.3) is 11.8 Å². The Labute approximate surface area is 223 Å². The monoisotopic (exact) mass is 534 g/mol. The fourth-order valence-corrected chi connectivity index (χ4v) is 3.86. The summed E-state index contributed by atoms with van der Waals surface area (Å²) in [6, 6.07) is 15.0. The van der Waals surface area contributed by atoms with Gasteiger partial charge in [-0.15, -0.1) is 0 Å². The van der Waals surface area contributed by atoms with Gasteiger partial charge >= 0.3 is 12.0 Å². The molecule has 0 spiro atoms. The third-order valence-corrected chi connectivity index (χ3v) is 6.10. The van der Waals surface area contributed by atoms with Gasteiger partial charge < -0.3 is 14.6 Å². The van der Waals surface area contributed by atoms with Crippen LogP contribution in [0.3, 0.4) is 0 Å². The second kappa shape index (κ2) is 11.2. The average molecular weight is 535 g/mol. The average Bonchev–Trinajstić information content (AvgIpc) is 2.88. The summed E-state index contributed by atoms with van der Waals surface area (Å²) in [5.41, 5.74) is 2.17. The van der Waals surface area contributed by atoms with Crippen molar-refractivity contribution >= 4 is 47.2 Å². The van der Waals surface area contributed by atoms with E-state index in [1.807, 2.05) is 0 Å². The van der Waals surface area contributed by atoms with Crippen molar-refractivity contribution in [2.75, 3.05) is 11.5 Å². The number of nitrogens with one attached hydrogen (secondary N) is 1. The lowest BCUT2D eigenvalue weighted by molar-refractivity contribution is -0.122. The first-order valence-electron chi connectivity index (χ1n) is 11.6. The number of carboxylic acids is 1. The van der Waals surface area contributed by atoms with Crippen molar-refractivity contribution in [2.45, 2.75) is 20.5 Å². The molecule has 38 heavy (non-hydrogen) atoms. The number of benzene rings is 3. The van der Waals surface area contributed by atoms with Crippen LogP contribution in [0, 0.1) is 6.92 Å². The van der Waals surface area contributed by atoms with Crippen LogP contribution in [0.4, 0.5) is 10.5 Å². The van der Waals surface area contributed by atoms with E-state index in [1.54, 1.807) is 56.3 Å². The van der Waals surface area contributed by atoms with Gasteiger partial charge in [-0.3, -0.25) is 14.9 Å². The molecule has 0 unspecified atom stereocenters. The number of ether oxygens (including phenoxy) is 2. The molecule has 1 aliphatic heterocycles. The Morgan fingerprint density at radius 3 is 2.39 bits per heavy atom. The standard InChI is InChI=1S/C28H23ClN2O7/c1-3-37-24-13-18(7-11-23(24)38-15-17-5-8-19(9-6-17)27(34)35)12-21-25(32)30-28(36)31(26(21)33)20-10-4-16(2)22(29)14-20/h4-14H,3,15H2,1-2H3,(H,34,35)(H,30,32,36)/b21-12-. The maximum Gasteiger partial charge on any atom is 0.335 e. The molecule has 1 aliphatic rings. The smallest absolute Gasteiger partial charge is 0.335 e. The van der Waals surface area contributed by atoms with Gasteiger partial charge in [-0.25, -0.2) is 14.5 Å². The van der Waals surface area contributed by atoms with Gasteiger partial charge in [0.15, 0.2) is 11.5 Å². The Morgan fingerprint density at radius 2 is 1.74 bits per heavy atom. The highest BCUT2D eigenvalue weighted by Crippen LogP contribution is 2.31. The van der Waals surface area contributed by atoms with E-state index in [2.05, 4.69) is 5.32 Å². The summed E-state index contributed by atoms with van der Waals surface area (Å²) >= 11 is 6.17. The Balaban J connectivity index is 1.59. The summed E-state index contributed by atoms with van der Waals surface area (Å²) in [7, 11) is 0. The molecule has 0 saturated carbocycles. The quantitative estimate of drug-likeness (QED) is 0.308. The Hall–Kier alpha value is -4.63. The molecule has 1 heterocycles. The molecule has 1 saturated heterocycles. The van der Waals surface area contributed by atoms with Crippen LogP contribution in [0.25, 0.3) is 6.08 Å². The van der Waals surface area contributed by atoms with Crippen LogP contribution >= 0.6 is 11.6 Å². The van der Waals surface area contributed by atoms with Crippen LogP contribution in [-0.2, 0) is 16.2 Å². The molecule has 9 nitrogen and oxygen atoms in total. The number of barbiturate groups is 1. The topological polar surface area (TPSA) is 122 Å². The minimum atomic E-state index is -1.01. The van der Waals surface area contributed by atoms with Gasteiger partial charge in [0.1, 0.15) is 12.2 Å². The van der Waals surface area contributed by atoms with Crippen molar-refractivity contribution in [3.63, 3.8) is 0 Å². The SMILES string of the molecule is CCOc1cc(/C=C2/C(=O)NC(=O)N(c3ccc(C)c(Cl)c3)C2=O)ccc1OCc1ccc(C(=O)O)cc1. The highest BCUT2D eigenvalue weighted by molar-refractivity contribution is 6.39. The fourth-order valence-electron chi connectivity index (χ4n) is 3.69. The molecule has 0 atom stereocenters. The molecule has 4 rings (SSSR count). The minimum absolute atomic E-state index is 0.164. The lowest BCUT2D eigenvalue weighted by Gasteiger charge is -2.26. The number of hydrogen-bond acceptors (Lipinski definition) is 6. The van der Waals surface area contributed by atoms with Crippen LogP contribution in [0.15, 0.2) is 66.2 Å². The van der Waals surface area contributed by atoms with Crippen LogP contribution in [0.5, 0.6) is 11.5 Å². The molecule has 1 fully saturated rings. The third kappa shape index (κ3) is 5.68. The third-order valence-electron chi connectivity index (χ3n) is 5.69. The zero-order chi connectivity index (χ0) is 27.4. The number of carboxylic acid groups (broad SMARTS) is 1. The van der Waals surface area contributed by atoms with Crippen molar-refractivity contribution in [3.05, 3.63) is 93.5 Å². The maximum absolute atomic E-state index is 13.2. The number of urea groups is 1. The molecule has 0 radical (unpaired) electrons. The number of aryl methyl sites for hydroxylation is 1.